The van der Waals surface area contributed by atoms with Crippen LogP contribution in [0.1, 0.15) is 41.9 Å². The van der Waals surface area contributed by atoms with E-state index in [2.05, 4.69) is 9.80 Å². The lowest BCUT2D eigenvalue weighted by Crippen LogP contribution is -2.49. The number of anilines is 1. The molecule has 4 aliphatic rings. The predicted molar refractivity (Wildman–Crippen MR) is 147 cm³/mol. The molecule has 2 saturated heterocycles. The van der Waals surface area contributed by atoms with Crippen LogP contribution in [0.3, 0.4) is 0 Å². The molecule has 0 unspecified atom stereocenters. The van der Waals surface area contributed by atoms with Crippen LogP contribution in [0.15, 0.2) is 23.1 Å². The van der Waals surface area contributed by atoms with Gasteiger partial charge < -0.3 is 14.4 Å². The Morgan fingerprint density at radius 3 is 2.47 bits per heavy atom. The van der Waals surface area contributed by atoms with Crippen LogP contribution < -0.4 is 14.4 Å². The van der Waals surface area contributed by atoms with Crippen molar-refractivity contribution in [3.8, 4) is 11.5 Å². The van der Waals surface area contributed by atoms with Crippen molar-refractivity contribution in [1.82, 2.24) is 19.2 Å². The maximum absolute atomic E-state index is 13.5. The van der Waals surface area contributed by atoms with Gasteiger partial charge >= 0.3 is 0 Å². The second-order valence-electron chi connectivity index (χ2n) is 10.5. The molecule has 0 saturated carbocycles. The molecule has 38 heavy (non-hydrogen) atoms. The zero-order valence-corrected chi connectivity index (χ0v) is 23.2. The lowest BCUT2D eigenvalue weighted by Gasteiger charge is -2.35. The summed E-state index contributed by atoms with van der Waals surface area (Å²) in [7, 11) is -3.64. The number of ether oxygens (including phenoxy) is 2. The first-order chi connectivity index (χ1) is 18.6. The number of likely N-dealkylation sites (tertiary alicyclic amines) is 1. The minimum absolute atomic E-state index is 0.249. The number of hydrogen-bond acceptors (Lipinski definition) is 9. The molecule has 0 atom stereocenters. The molecule has 1 aromatic carbocycles. The standard InChI is InChI=1S/C27H33N5O4S2/c33-38(34,19-7-8-21-22(17-19)36-16-15-35-21)32-13-11-31(12-14-32)26-25-20-5-4-6-23(20)37-27(25)29-24(28-26)18-30-9-2-1-3-10-30/h7-8,17H,1-6,9-16,18H2. The van der Waals surface area contributed by atoms with Crippen LogP contribution in [-0.4, -0.2) is 80.1 Å². The normalized spacial score (nSPS) is 20.7. The van der Waals surface area contributed by atoms with Crippen molar-refractivity contribution in [3.63, 3.8) is 0 Å². The number of benzene rings is 1. The third-order valence-corrected chi connectivity index (χ3v) is 11.2. The minimum atomic E-state index is -3.64. The predicted octanol–water partition coefficient (Wildman–Crippen LogP) is 3.45. The van der Waals surface area contributed by atoms with E-state index in [0.29, 0.717) is 50.9 Å². The molecule has 3 aromatic rings. The van der Waals surface area contributed by atoms with Crippen molar-refractivity contribution in [1.29, 1.82) is 0 Å². The molecule has 202 valence electrons. The number of rotatable bonds is 5. The van der Waals surface area contributed by atoms with E-state index < -0.39 is 10.0 Å². The van der Waals surface area contributed by atoms with Crippen molar-refractivity contribution in [2.45, 2.75) is 50.0 Å². The van der Waals surface area contributed by atoms with Crippen molar-refractivity contribution >= 4 is 37.4 Å². The van der Waals surface area contributed by atoms with E-state index in [9.17, 15) is 8.42 Å². The molecule has 0 bridgehead atoms. The molecular weight excluding hydrogens is 522 g/mol. The van der Waals surface area contributed by atoms with Crippen molar-refractivity contribution < 1.29 is 17.9 Å². The molecule has 0 amide bonds. The minimum Gasteiger partial charge on any atom is -0.486 e. The Hall–Kier alpha value is -2.47. The van der Waals surface area contributed by atoms with Gasteiger partial charge in [0.2, 0.25) is 10.0 Å². The highest BCUT2D eigenvalue weighted by atomic mass is 32.2. The summed E-state index contributed by atoms with van der Waals surface area (Å²) in [6.45, 7) is 5.92. The van der Waals surface area contributed by atoms with Gasteiger partial charge in [0.15, 0.2) is 11.5 Å². The first-order valence-corrected chi connectivity index (χ1v) is 16.0. The Morgan fingerprint density at radius 2 is 1.66 bits per heavy atom. The van der Waals surface area contributed by atoms with E-state index in [0.717, 1.165) is 48.9 Å². The molecule has 1 aliphatic carbocycles. The summed E-state index contributed by atoms with van der Waals surface area (Å²) in [5.74, 6) is 2.97. The first kappa shape index (κ1) is 24.6. The average molecular weight is 556 g/mol. The van der Waals surface area contributed by atoms with Gasteiger partial charge in [0.05, 0.1) is 16.8 Å². The Bertz CT molecular complexity index is 1460. The maximum Gasteiger partial charge on any atom is 0.243 e. The summed E-state index contributed by atoms with van der Waals surface area (Å²) < 4.78 is 39.8. The summed E-state index contributed by atoms with van der Waals surface area (Å²) >= 11 is 1.83. The lowest BCUT2D eigenvalue weighted by molar-refractivity contribution is 0.171. The van der Waals surface area contributed by atoms with E-state index in [4.69, 9.17) is 19.4 Å². The third kappa shape index (κ3) is 4.43. The lowest BCUT2D eigenvalue weighted by atomic mass is 10.1. The zero-order chi connectivity index (χ0) is 25.7. The number of hydrogen-bond donors (Lipinski definition) is 0. The second-order valence-corrected chi connectivity index (χ2v) is 13.6. The Morgan fingerprint density at radius 1 is 0.868 bits per heavy atom. The van der Waals surface area contributed by atoms with Crippen LogP contribution in [0, 0.1) is 0 Å². The van der Waals surface area contributed by atoms with Gasteiger partial charge in [-0.05, 0) is 62.9 Å². The Kier molecular flexibility index (Phi) is 6.42. The quantitative estimate of drug-likeness (QED) is 0.473. The van der Waals surface area contributed by atoms with E-state index in [1.807, 2.05) is 11.3 Å². The fourth-order valence-electron chi connectivity index (χ4n) is 6.11. The molecule has 0 N–H and O–H groups in total. The molecular formula is C27H33N5O4S2. The highest BCUT2D eigenvalue weighted by Crippen LogP contribution is 2.41. The Balaban J connectivity index is 1.15. The number of aryl methyl sites for hydroxylation is 2. The molecule has 0 spiro atoms. The van der Waals surface area contributed by atoms with Crippen molar-refractivity contribution in [3.05, 3.63) is 34.5 Å². The largest absolute Gasteiger partial charge is 0.486 e. The molecule has 11 heteroatoms. The number of nitrogens with zero attached hydrogens (tertiary/aromatic N) is 5. The Labute approximate surface area is 227 Å². The van der Waals surface area contributed by atoms with Crippen LogP contribution >= 0.6 is 11.3 Å². The highest BCUT2D eigenvalue weighted by molar-refractivity contribution is 7.89. The number of fused-ring (bicyclic) bond motifs is 4. The highest BCUT2D eigenvalue weighted by Gasteiger charge is 2.32. The van der Waals surface area contributed by atoms with Gasteiger partial charge in [-0.3, -0.25) is 4.90 Å². The van der Waals surface area contributed by atoms with Crippen LogP contribution in [0.4, 0.5) is 5.82 Å². The zero-order valence-electron chi connectivity index (χ0n) is 21.5. The molecule has 0 radical (unpaired) electrons. The van der Waals surface area contributed by atoms with E-state index in [1.165, 1.54) is 41.5 Å². The van der Waals surface area contributed by atoms with Gasteiger partial charge in [0.25, 0.3) is 0 Å². The van der Waals surface area contributed by atoms with Crippen LogP contribution in [0.5, 0.6) is 11.5 Å². The molecule has 3 aliphatic heterocycles. The molecule has 2 aromatic heterocycles. The summed E-state index contributed by atoms with van der Waals surface area (Å²) in [6, 6.07) is 4.90. The van der Waals surface area contributed by atoms with Crippen LogP contribution in [-0.2, 0) is 29.4 Å². The second kappa shape index (κ2) is 9.93. The number of piperazine rings is 1. The molecule has 9 nitrogen and oxygen atoms in total. The van der Waals surface area contributed by atoms with Gasteiger partial charge in [-0.15, -0.1) is 11.3 Å². The van der Waals surface area contributed by atoms with Crippen molar-refractivity contribution in [2.24, 2.45) is 0 Å². The molecule has 7 rings (SSSR count). The number of sulfonamides is 1. The van der Waals surface area contributed by atoms with Gasteiger partial charge in [-0.2, -0.15) is 4.31 Å². The number of piperidine rings is 1. The monoisotopic (exact) mass is 555 g/mol. The summed E-state index contributed by atoms with van der Waals surface area (Å²) in [5.41, 5.74) is 1.41. The molecule has 5 heterocycles. The van der Waals surface area contributed by atoms with Gasteiger partial charge in [0, 0.05) is 37.1 Å². The fraction of sp³-hybridized carbons (Fsp3) is 0.556. The van der Waals surface area contributed by atoms with Crippen LogP contribution in [0.25, 0.3) is 10.2 Å². The average Bonchev–Trinajstić information content (AvgIpc) is 3.54. The maximum atomic E-state index is 13.5. The smallest absolute Gasteiger partial charge is 0.243 e. The van der Waals surface area contributed by atoms with E-state index >= 15 is 0 Å². The molecule has 2 fully saturated rings. The van der Waals surface area contributed by atoms with Crippen LogP contribution in [0.2, 0.25) is 0 Å². The SMILES string of the molecule is O=S(=O)(c1ccc2c(c1)OCCO2)N1CCN(c2nc(CN3CCCCC3)nc3sc4c(c23)CCC4)CC1. The van der Waals surface area contributed by atoms with Gasteiger partial charge in [0.1, 0.15) is 29.7 Å². The van der Waals surface area contributed by atoms with Gasteiger partial charge in [-0.1, -0.05) is 6.42 Å². The number of thiophene rings is 1. The summed E-state index contributed by atoms with van der Waals surface area (Å²) in [6.07, 6.45) is 7.17. The first-order valence-electron chi connectivity index (χ1n) is 13.7. The third-order valence-electron chi connectivity index (χ3n) is 8.10. The summed E-state index contributed by atoms with van der Waals surface area (Å²) in [4.78, 5) is 17.7. The topological polar surface area (TPSA) is 88.1 Å². The van der Waals surface area contributed by atoms with E-state index in [1.54, 1.807) is 22.5 Å². The van der Waals surface area contributed by atoms with E-state index in [-0.39, 0.29) is 4.90 Å². The summed E-state index contributed by atoms with van der Waals surface area (Å²) in [5, 5.41) is 1.20. The fourth-order valence-corrected chi connectivity index (χ4v) is 8.82. The van der Waals surface area contributed by atoms with Crippen molar-refractivity contribution in [2.75, 3.05) is 57.4 Å². The van der Waals surface area contributed by atoms with Gasteiger partial charge in [-0.25, -0.2) is 18.4 Å². The number of aromatic nitrogens is 2.